The normalized spacial score (nSPS) is 22.0. The Labute approximate surface area is 169 Å². The van der Waals surface area contributed by atoms with Crippen LogP contribution in [0.15, 0.2) is 24.3 Å². The number of piperazine rings is 1. The van der Waals surface area contributed by atoms with Crippen molar-refractivity contribution in [1.82, 2.24) is 9.21 Å². The molecule has 1 aromatic rings. The van der Waals surface area contributed by atoms with Gasteiger partial charge < -0.3 is 9.80 Å². The lowest BCUT2D eigenvalue weighted by Crippen LogP contribution is -2.53. The van der Waals surface area contributed by atoms with Gasteiger partial charge in [0.05, 0.1) is 17.2 Å². The van der Waals surface area contributed by atoms with Crippen molar-refractivity contribution in [3.63, 3.8) is 0 Å². The van der Waals surface area contributed by atoms with Gasteiger partial charge >= 0.3 is 6.18 Å². The Balaban J connectivity index is 1.60. The van der Waals surface area contributed by atoms with Gasteiger partial charge in [-0.25, -0.2) is 12.7 Å². The zero-order valence-corrected chi connectivity index (χ0v) is 17.2. The van der Waals surface area contributed by atoms with E-state index < -0.39 is 21.8 Å². The number of hydrogen-bond donors (Lipinski definition) is 0. The van der Waals surface area contributed by atoms with Crippen LogP contribution in [0.2, 0.25) is 0 Å². The van der Waals surface area contributed by atoms with E-state index in [9.17, 15) is 26.4 Å². The van der Waals surface area contributed by atoms with Gasteiger partial charge in [0.25, 0.3) is 0 Å². The lowest BCUT2D eigenvalue weighted by molar-refractivity contribution is -0.137. The van der Waals surface area contributed by atoms with Crippen LogP contribution in [-0.2, 0) is 21.0 Å². The van der Waals surface area contributed by atoms with E-state index in [1.807, 2.05) is 4.90 Å². The van der Waals surface area contributed by atoms with Gasteiger partial charge in [-0.05, 0) is 38.0 Å². The Bertz CT molecular complexity index is 837. The summed E-state index contributed by atoms with van der Waals surface area (Å²) < 4.78 is 64.4. The minimum atomic E-state index is -4.39. The average molecular weight is 433 g/mol. The second-order valence-electron chi connectivity index (χ2n) is 7.46. The third-order valence-electron chi connectivity index (χ3n) is 5.62. The Morgan fingerprint density at radius 2 is 1.83 bits per heavy atom. The van der Waals surface area contributed by atoms with E-state index in [0.717, 1.165) is 12.1 Å². The molecule has 0 spiro atoms. The molecule has 1 amide bonds. The number of halogens is 3. The molecule has 3 rings (SSSR count). The van der Waals surface area contributed by atoms with Crippen LogP contribution in [0.4, 0.5) is 18.9 Å². The van der Waals surface area contributed by atoms with Crippen molar-refractivity contribution in [3.8, 4) is 0 Å². The molecule has 1 atom stereocenters. The molecule has 0 unspecified atom stereocenters. The standard InChI is InChI=1S/C19H26F3N3O3S/c1-2-29(27,28)25-8-4-5-15(14-25)18(26)24-11-9-23(10-12-24)17-7-3-6-16(13-17)19(20,21)22/h3,6-7,13,15H,2,4-5,8-12,14H2,1H3/t15-/m0/s1. The quantitative estimate of drug-likeness (QED) is 0.732. The van der Waals surface area contributed by atoms with Crippen molar-refractivity contribution in [3.05, 3.63) is 29.8 Å². The number of amides is 1. The summed E-state index contributed by atoms with van der Waals surface area (Å²) in [5.74, 6) is -0.404. The van der Waals surface area contributed by atoms with Crippen LogP contribution in [0.1, 0.15) is 25.3 Å². The number of hydrogen-bond acceptors (Lipinski definition) is 4. The van der Waals surface area contributed by atoms with Crippen molar-refractivity contribution in [2.24, 2.45) is 5.92 Å². The molecular weight excluding hydrogens is 407 g/mol. The summed E-state index contributed by atoms with van der Waals surface area (Å²) in [7, 11) is -3.32. The van der Waals surface area contributed by atoms with Crippen LogP contribution < -0.4 is 4.90 Å². The largest absolute Gasteiger partial charge is 0.416 e. The van der Waals surface area contributed by atoms with Gasteiger partial charge in [-0.3, -0.25) is 4.79 Å². The molecule has 2 fully saturated rings. The molecule has 2 heterocycles. The number of nitrogens with zero attached hydrogens (tertiary/aromatic N) is 3. The molecule has 0 bridgehead atoms. The van der Waals surface area contributed by atoms with Gasteiger partial charge in [0.15, 0.2) is 0 Å². The highest BCUT2D eigenvalue weighted by Gasteiger charge is 2.35. The predicted molar refractivity (Wildman–Crippen MR) is 104 cm³/mol. The number of sulfonamides is 1. The summed E-state index contributed by atoms with van der Waals surface area (Å²) >= 11 is 0. The number of rotatable bonds is 4. The zero-order valence-electron chi connectivity index (χ0n) is 16.4. The smallest absolute Gasteiger partial charge is 0.368 e. The lowest BCUT2D eigenvalue weighted by Gasteiger charge is -2.39. The number of carbonyl (C=O) groups excluding carboxylic acids is 1. The maximum Gasteiger partial charge on any atom is 0.416 e. The van der Waals surface area contributed by atoms with E-state index in [0.29, 0.717) is 51.3 Å². The zero-order chi connectivity index (χ0) is 21.2. The van der Waals surface area contributed by atoms with E-state index in [-0.39, 0.29) is 24.1 Å². The van der Waals surface area contributed by atoms with Gasteiger partial charge in [-0.1, -0.05) is 6.07 Å². The third-order valence-corrected chi connectivity index (χ3v) is 7.47. The minimum absolute atomic E-state index is 0.0174. The maximum atomic E-state index is 12.9. The summed E-state index contributed by atoms with van der Waals surface area (Å²) in [5.41, 5.74) is -0.197. The Hall–Kier alpha value is -1.81. The Kier molecular flexibility index (Phi) is 6.42. The summed E-state index contributed by atoms with van der Waals surface area (Å²) in [6, 6.07) is 5.20. The predicted octanol–water partition coefficient (Wildman–Crippen LogP) is 2.42. The average Bonchev–Trinajstić information content (AvgIpc) is 2.73. The van der Waals surface area contributed by atoms with Gasteiger partial charge in [0.2, 0.25) is 15.9 Å². The Morgan fingerprint density at radius 3 is 2.45 bits per heavy atom. The van der Waals surface area contributed by atoms with Crippen LogP contribution in [0.25, 0.3) is 0 Å². The lowest BCUT2D eigenvalue weighted by atomic mass is 9.97. The van der Waals surface area contributed by atoms with Crippen LogP contribution >= 0.6 is 0 Å². The number of benzene rings is 1. The first kappa shape index (κ1) is 21.9. The van der Waals surface area contributed by atoms with E-state index in [1.54, 1.807) is 17.9 Å². The molecule has 29 heavy (non-hydrogen) atoms. The van der Waals surface area contributed by atoms with E-state index in [4.69, 9.17) is 0 Å². The molecule has 6 nitrogen and oxygen atoms in total. The summed E-state index contributed by atoms with van der Waals surface area (Å²) in [6.45, 7) is 3.95. The number of carbonyl (C=O) groups is 1. The minimum Gasteiger partial charge on any atom is -0.368 e. The first-order valence-corrected chi connectivity index (χ1v) is 11.4. The Morgan fingerprint density at radius 1 is 1.14 bits per heavy atom. The molecule has 2 saturated heterocycles. The van der Waals surface area contributed by atoms with Crippen molar-refractivity contribution in [1.29, 1.82) is 0 Å². The highest BCUT2D eigenvalue weighted by Crippen LogP contribution is 2.32. The van der Waals surface area contributed by atoms with Gasteiger partial charge in [-0.15, -0.1) is 0 Å². The van der Waals surface area contributed by atoms with E-state index in [2.05, 4.69) is 0 Å². The molecule has 0 aliphatic carbocycles. The molecular formula is C19H26F3N3O3S. The van der Waals surface area contributed by atoms with Crippen molar-refractivity contribution >= 4 is 21.6 Å². The van der Waals surface area contributed by atoms with Crippen LogP contribution in [0.5, 0.6) is 0 Å². The second-order valence-corrected chi connectivity index (χ2v) is 9.72. The van der Waals surface area contributed by atoms with Crippen molar-refractivity contribution < 1.29 is 26.4 Å². The molecule has 2 aliphatic rings. The van der Waals surface area contributed by atoms with Gasteiger partial charge in [0, 0.05) is 45.0 Å². The highest BCUT2D eigenvalue weighted by atomic mass is 32.2. The molecule has 0 aromatic heterocycles. The van der Waals surface area contributed by atoms with Crippen molar-refractivity contribution in [2.45, 2.75) is 25.9 Å². The van der Waals surface area contributed by atoms with E-state index in [1.165, 1.54) is 10.4 Å². The summed E-state index contributed by atoms with van der Waals surface area (Å²) in [6.07, 6.45) is -3.08. The molecule has 0 radical (unpaired) electrons. The molecule has 162 valence electrons. The topological polar surface area (TPSA) is 60.9 Å². The van der Waals surface area contributed by atoms with Crippen LogP contribution in [0.3, 0.4) is 0 Å². The number of anilines is 1. The van der Waals surface area contributed by atoms with Crippen molar-refractivity contribution in [2.75, 3.05) is 49.9 Å². The molecule has 0 saturated carbocycles. The third kappa shape index (κ3) is 5.03. The maximum absolute atomic E-state index is 12.9. The first-order chi connectivity index (χ1) is 13.6. The summed E-state index contributed by atoms with van der Waals surface area (Å²) in [5, 5.41) is 0. The first-order valence-electron chi connectivity index (χ1n) is 9.80. The molecule has 1 aromatic carbocycles. The molecule has 10 heteroatoms. The number of alkyl halides is 3. The molecule has 0 N–H and O–H groups in total. The highest BCUT2D eigenvalue weighted by molar-refractivity contribution is 7.89. The SMILES string of the molecule is CCS(=O)(=O)N1CCC[C@H](C(=O)N2CCN(c3cccc(C(F)(F)F)c3)CC2)C1. The fourth-order valence-corrected chi connectivity index (χ4v) is 5.08. The monoisotopic (exact) mass is 433 g/mol. The van der Waals surface area contributed by atoms with Crippen LogP contribution in [0, 0.1) is 5.92 Å². The fraction of sp³-hybridized carbons (Fsp3) is 0.632. The second kappa shape index (κ2) is 8.51. The van der Waals surface area contributed by atoms with Crippen LogP contribution in [-0.4, -0.2) is 68.6 Å². The van der Waals surface area contributed by atoms with Gasteiger partial charge in [-0.2, -0.15) is 13.2 Å². The van der Waals surface area contributed by atoms with E-state index >= 15 is 0 Å². The van der Waals surface area contributed by atoms with Gasteiger partial charge in [0.1, 0.15) is 0 Å². The molecule has 2 aliphatic heterocycles. The summed E-state index contributed by atoms with van der Waals surface area (Å²) in [4.78, 5) is 16.4. The number of piperidine rings is 1. The fourth-order valence-electron chi connectivity index (χ4n) is 3.90.